The van der Waals surface area contributed by atoms with Crippen LogP contribution in [0.2, 0.25) is 5.02 Å². The standard InChI is InChI=1S/C15H13ClF3NO/c1-9-3-5-11(20-2)8-14(9)21-13-6-4-10(7-12(13)16)15(17,18)19/h3-8,20H,1-2H3. The Kier molecular flexibility index (Phi) is 4.32. The summed E-state index contributed by atoms with van der Waals surface area (Å²) in [6.07, 6.45) is -4.43. The number of alkyl halides is 3. The van der Waals surface area contributed by atoms with Crippen LogP contribution in [-0.2, 0) is 6.18 Å². The van der Waals surface area contributed by atoms with Crippen LogP contribution in [0.15, 0.2) is 36.4 Å². The van der Waals surface area contributed by atoms with Crippen molar-refractivity contribution in [3.63, 3.8) is 0 Å². The van der Waals surface area contributed by atoms with E-state index in [0.717, 1.165) is 23.4 Å². The molecule has 0 saturated heterocycles. The Morgan fingerprint density at radius 1 is 1.05 bits per heavy atom. The maximum absolute atomic E-state index is 12.6. The van der Waals surface area contributed by atoms with Gasteiger partial charge in [0.15, 0.2) is 0 Å². The lowest BCUT2D eigenvalue weighted by molar-refractivity contribution is -0.137. The van der Waals surface area contributed by atoms with E-state index >= 15 is 0 Å². The molecule has 21 heavy (non-hydrogen) atoms. The van der Waals surface area contributed by atoms with Crippen LogP contribution in [0.3, 0.4) is 0 Å². The molecule has 2 nitrogen and oxygen atoms in total. The second kappa shape index (κ2) is 5.85. The van der Waals surface area contributed by atoms with Crippen LogP contribution in [0.4, 0.5) is 18.9 Å². The van der Waals surface area contributed by atoms with Gasteiger partial charge in [-0.2, -0.15) is 13.2 Å². The van der Waals surface area contributed by atoms with Crippen molar-refractivity contribution < 1.29 is 17.9 Å². The summed E-state index contributed by atoms with van der Waals surface area (Å²) in [6, 6.07) is 8.49. The first kappa shape index (κ1) is 15.5. The highest BCUT2D eigenvalue weighted by molar-refractivity contribution is 6.32. The predicted molar refractivity (Wildman–Crippen MR) is 77.3 cm³/mol. The molecule has 112 valence electrons. The van der Waals surface area contributed by atoms with E-state index in [4.69, 9.17) is 16.3 Å². The van der Waals surface area contributed by atoms with E-state index in [-0.39, 0.29) is 10.8 Å². The highest BCUT2D eigenvalue weighted by atomic mass is 35.5. The molecule has 0 heterocycles. The third kappa shape index (κ3) is 3.61. The molecule has 0 bridgehead atoms. The quantitative estimate of drug-likeness (QED) is 0.807. The number of anilines is 1. The number of nitrogens with one attached hydrogen (secondary N) is 1. The van der Waals surface area contributed by atoms with E-state index in [1.54, 1.807) is 13.1 Å². The van der Waals surface area contributed by atoms with E-state index < -0.39 is 11.7 Å². The van der Waals surface area contributed by atoms with Gasteiger partial charge in [0.2, 0.25) is 0 Å². The molecule has 0 saturated carbocycles. The molecule has 0 atom stereocenters. The summed E-state index contributed by atoms with van der Waals surface area (Å²) in [7, 11) is 1.76. The predicted octanol–water partition coefficient (Wildman–Crippen LogP) is 5.50. The molecule has 0 aliphatic carbocycles. The average Bonchev–Trinajstić information content (AvgIpc) is 2.42. The first-order chi connectivity index (χ1) is 9.81. The zero-order chi connectivity index (χ0) is 15.6. The van der Waals surface area contributed by atoms with Crippen molar-refractivity contribution in [1.82, 2.24) is 0 Å². The molecule has 0 unspecified atom stereocenters. The Morgan fingerprint density at radius 2 is 1.76 bits per heavy atom. The Balaban J connectivity index is 2.32. The topological polar surface area (TPSA) is 21.3 Å². The first-order valence-electron chi connectivity index (χ1n) is 6.14. The SMILES string of the molecule is CNc1ccc(C)c(Oc2ccc(C(F)(F)F)cc2Cl)c1. The van der Waals surface area contributed by atoms with Crippen molar-refractivity contribution in [3.05, 3.63) is 52.5 Å². The lowest BCUT2D eigenvalue weighted by Crippen LogP contribution is -2.04. The van der Waals surface area contributed by atoms with Gasteiger partial charge >= 0.3 is 6.18 Å². The zero-order valence-corrected chi connectivity index (χ0v) is 12.1. The monoisotopic (exact) mass is 315 g/mol. The second-order valence-electron chi connectivity index (χ2n) is 4.48. The van der Waals surface area contributed by atoms with Crippen LogP contribution in [0, 0.1) is 6.92 Å². The lowest BCUT2D eigenvalue weighted by atomic mass is 10.2. The van der Waals surface area contributed by atoms with Crippen molar-refractivity contribution in [3.8, 4) is 11.5 Å². The number of ether oxygens (including phenoxy) is 1. The van der Waals surface area contributed by atoms with Crippen LogP contribution in [0.25, 0.3) is 0 Å². The van der Waals surface area contributed by atoms with Crippen LogP contribution in [0.1, 0.15) is 11.1 Å². The third-order valence-electron chi connectivity index (χ3n) is 2.96. The molecule has 0 spiro atoms. The molecule has 0 aromatic heterocycles. The van der Waals surface area contributed by atoms with Gasteiger partial charge in [-0.3, -0.25) is 0 Å². The largest absolute Gasteiger partial charge is 0.455 e. The number of rotatable bonds is 3. The molecule has 0 amide bonds. The Hall–Kier alpha value is -1.88. The Labute approximate surface area is 125 Å². The molecule has 0 aliphatic rings. The molecule has 0 radical (unpaired) electrons. The molecule has 2 rings (SSSR count). The van der Waals surface area contributed by atoms with E-state index in [1.165, 1.54) is 6.07 Å². The van der Waals surface area contributed by atoms with Gasteiger partial charge in [0.05, 0.1) is 10.6 Å². The van der Waals surface area contributed by atoms with Crippen LogP contribution >= 0.6 is 11.6 Å². The lowest BCUT2D eigenvalue weighted by Gasteiger charge is -2.13. The molecule has 2 aromatic carbocycles. The minimum atomic E-state index is -4.43. The average molecular weight is 316 g/mol. The van der Waals surface area contributed by atoms with Crippen molar-refractivity contribution >= 4 is 17.3 Å². The summed E-state index contributed by atoms with van der Waals surface area (Å²) in [6.45, 7) is 1.84. The minimum absolute atomic E-state index is 0.0842. The fourth-order valence-electron chi connectivity index (χ4n) is 1.74. The smallest absolute Gasteiger partial charge is 0.416 e. The van der Waals surface area contributed by atoms with E-state index in [9.17, 15) is 13.2 Å². The van der Waals surface area contributed by atoms with Crippen LogP contribution in [-0.4, -0.2) is 7.05 Å². The highest BCUT2D eigenvalue weighted by Gasteiger charge is 2.31. The summed E-state index contributed by atoms with van der Waals surface area (Å²) >= 11 is 5.87. The van der Waals surface area contributed by atoms with Crippen molar-refractivity contribution in [1.29, 1.82) is 0 Å². The number of aryl methyl sites for hydroxylation is 1. The molecule has 2 aromatic rings. The van der Waals surface area contributed by atoms with Crippen molar-refractivity contribution in [2.75, 3.05) is 12.4 Å². The van der Waals surface area contributed by atoms with Gasteiger partial charge in [-0.05, 0) is 36.8 Å². The maximum atomic E-state index is 12.6. The molecule has 1 N–H and O–H groups in total. The van der Waals surface area contributed by atoms with Gasteiger partial charge in [0.1, 0.15) is 11.5 Å². The summed E-state index contributed by atoms with van der Waals surface area (Å²) in [4.78, 5) is 0. The van der Waals surface area contributed by atoms with E-state index in [2.05, 4.69) is 5.32 Å². The first-order valence-corrected chi connectivity index (χ1v) is 6.52. The van der Waals surface area contributed by atoms with E-state index in [1.807, 2.05) is 19.1 Å². The number of hydrogen-bond donors (Lipinski definition) is 1. The maximum Gasteiger partial charge on any atom is 0.416 e. The Morgan fingerprint density at radius 3 is 2.33 bits per heavy atom. The molecule has 0 fully saturated rings. The Bertz CT molecular complexity index is 656. The number of benzene rings is 2. The summed E-state index contributed by atoms with van der Waals surface area (Å²) in [5.41, 5.74) is 0.879. The fraction of sp³-hybridized carbons (Fsp3) is 0.200. The summed E-state index contributed by atoms with van der Waals surface area (Å²) < 4.78 is 43.4. The van der Waals surface area contributed by atoms with Gasteiger partial charge in [-0.1, -0.05) is 17.7 Å². The number of halogens is 4. The van der Waals surface area contributed by atoms with Crippen LogP contribution < -0.4 is 10.1 Å². The van der Waals surface area contributed by atoms with Crippen molar-refractivity contribution in [2.45, 2.75) is 13.1 Å². The van der Waals surface area contributed by atoms with Crippen LogP contribution in [0.5, 0.6) is 11.5 Å². The highest BCUT2D eigenvalue weighted by Crippen LogP contribution is 2.37. The molecule has 6 heteroatoms. The van der Waals surface area contributed by atoms with Gasteiger partial charge in [0, 0.05) is 18.8 Å². The van der Waals surface area contributed by atoms with E-state index in [0.29, 0.717) is 5.75 Å². The fourth-order valence-corrected chi connectivity index (χ4v) is 1.96. The van der Waals surface area contributed by atoms with Gasteiger partial charge in [-0.25, -0.2) is 0 Å². The summed E-state index contributed by atoms with van der Waals surface area (Å²) in [5, 5.41) is 2.88. The zero-order valence-electron chi connectivity index (χ0n) is 11.4. The second-order valence-corrected chi connectivity index (χ2v) is 4.88. The summed E-state index contributed by atoms with van der Waals surface area (Å²) in [5.74, 6) is 0.713. The number of hydrogen-bond acceptors (Lipinski definition) is 2. The molecular formula is C15H13ClF3NO. The minimum Gasteiger partial charge on any atom is -0.455 e. The third-order valence-corrected chi connectivity index (χ3v) is 3.25. The van der Waals surface area contributed by atoms with Gasteiger partial charge in [-0.15, -0.1) is 0 Å². The van der Waals surface area contributed by atoms with Gasteiger partial charge < -0.3 is 10.1 Å². The molecular weight excluding hydrogens is 303 g/mol. The normalized spacial score (nSPS) is 11.3. The molecule has 0 aliphatic heterocycles. The van der Waals surface area contributed by atoms with Crippen molar-refractivity contribution in [2.24, 2.45) is 0 Å². The van der Waals surface area contributed by atoms with Gasteiger partial charge in [0.25, 0.3) is 0 Å².